The van der Waals surface area contributed by atoms with Gasteiger partial charge >= 0.3 is 6.36 Å². The van der Waals surface area contributed by atoms with Crippen LogP contribution in [0, 0.1) is 6.92 Å². The van der Waals surface area contributed by atoms with E-state index in [1.54, 1.807) is 37.0 Å². The molecule has 2 heterocycles. The van der Waals surface area contributed by atoms with E-state index in [-0.39, 0.29) is 11.7 Å². The molecule has 0 bridgehead atoms. The maximum absolute atomic E-state index is 12.6. The van der Waals surface area contributed by atoms with Crippen molar-refractivity contribution in [2.24, 2.45) is 15.7 Å². The Morgan fingerprint density at radius 2 is 1.92 bits per heavy atom. The highest BCUT2D eigenvalue weighted by Gasteiger charge is 2.42. The highest BCUT2D eigenvalue weighted by atomic mass is 32.2. The Hall–Kier alpha value is -3.05. The largest absolute Gasteiger partial charge is 0.573 e. The number of hydrogen-bond donors (Lipinski definition) is 1. The molecule has 0 aromatic heterocycles. The molecule has 1 amide bonds. The number of ether oxygens (including phenoxy) is 1. The van der Waals surface area contributed by atoms with Crippen LogP contribution in [0.5, 0.6) is 5.75 Å². The van der Waals surface area contributed by atoms with E-state index in [9.17, 15) is 18.0 Å². The van der Waals surface area contributed by atoms with Crippen molar-refractivity contribution in [3.05, 3.63) is 64.7 Å². The average Bonchev–Trinajstić information content (AvgIpc) is 3.15. The number of aliphatic imine (C=N–C) groups is 2. The molecule has 2 aliphatic heterocycles. The minimum Gasteiger partial charge on any atom is -0.406 e. The lowest BCUT2D eigenvalue weighted by molar-refractivity contribution is -0.274. The van der Waals surface area contributed by atoms with Gasteiger partial charge in [-0.25, -0.2) is 4.99 Å². The monoisotopic (exact) mass is 533 g/mol. The van der Waals surface area contributed by atoms with E-state index in [1.165, 1.54) is 23.8 Å². The summed E-state index contributed by atoms with van der Waals surface area (Å²) in [5, 5.41) is 0. The van der Waals surface area contributed by atoms with Gasteiger partial charge in [-0.05, 0) is 61.6 Å². The van der Waals surface area contributed by atoms with E-state index < -0.39 is 11.9 Å². The zero-order valence-electron chi connectivity index (χ0n) is 21.0. The highest BCUT2D eigenvalue weighted by Crippen LogP contribution is 2.34. The molecule has 2 aliphatic rings. The number of carbonyl (C=O) groups is 1. The molecule has 1 saturated heterocycles. The second-order valence-electron chi connectivity index (χ2n) is 9.39. The quantitative estimate of drug-likeness (QED) is 0.532. The van der Waals surface area contributed by atoms with Crippen LogP contribution < -0.4 is 10.5 Å². The van der Waals surface area contributed by atoms with Gasteiger partial charge in [0, 0.05) is 44.1 Å². The molecule has 11 heteroatoms. The predicted molar refractivity (Wildman–Crippen MR) is 140 cm³/mol. The molecule has 7 nitrogen and oxygen atoms in total. The molecule has 2 aromatic rings. The fraction of sp³-hybridized carbons (Fsp3) is 0.423. The van der Waals surface area contributed by atoms with Gasteiger partial charge in [-0.1, -0.05) is 30.1 Å². The van der Waals surface area contributed by atoms with Gasteiger partial charge in [-0.15, -0.1) is 13.2 Å². The molecule has 2 N–H and O–H groups in total. The van der Waals surface area contributed by atoms with Gasteiger partial charge < -0.3 is 15.4 Å². The normalized spacial score (nSPS) is 17.5. The smallest absolute Gasteiger partial charge is 0.406 e. The van der Waals surface area contributed by atoms with Crippen molar-refractivity contribution in [3.8, 4) is 5.75 Å². The summed E-state index contributed by atoms with van der Waals surface area (Å²) in [4.78, 5) is 22.9. The van der Waals surface area contributed by atoms with Crippen LogP contribution in [0.15, 0.2) is 52.4 Å². The van der Waals surface area contributed by atoms with Crippen LogP contribution in [-0.2, 0) is 6.42 Å². The number of carbonyl (C=O) groups excluding carboxylic acids is 1. The molecule has 4 rings (SSSR count). The number of benzene rings is 2. The summed E-state index contributed by atoms with van der Waals surface area (Å²) in [5.41, 5.74) is 9.10. The number of nitrogens with zero attached hydrogens (tertiary/aromatic N) is 4. The number of aryl methyl sites for hydroxylation is 2. The minimum absolute atomic E-state index is 0.00541. The first kappa shape index (κ1) is 27.0. The van der Waals surface area contributed by atoms with Crippen molar-refractivity contribution in [1.29, 1.82) is 0 Å². The SMILES string of the molecule is Cc1cc(C(=O)N(C)C)ccc1CCSN1CCC2(CC1)N=C(c1cccc(OC(F)(F)F)c1)N=C2N. The lowest BCUT2D eigenvalue weighted by atomic mass is 9.88. The van der Waals surface area contributed by atoms with Gasteiger partial charge in [0.05, 0.1) is 0 Å². The molecular formula is C26H30F3N5O2S. The topological polar surface area (TPSA) is 83.5 Å². The van der Waals surface area contributed by atoms with Crippen LogP contribution in [0.3, 0.4) is 0 Å². The van der Waals surface area contributed by atoms with Crippen molar-refractivity contribution in [1.82, 2.24) is 9.21 Å². The van der Waals surface area contributed by atoms with E-state index in [1.807, 2.05) is 25.1 Å². The summed E-state index contributed by atoms with van der Waals surface area (Å²) in [6, 6.07) is 11.5. The van der Waals surface area contributed by atoms with Gasteiger partial charge in [0.2, 0.25) is 0 Å². The van der Waals surface area contributed by atoms with Crippen molar-refractivity contribution in [2.75, 3.05) is 32.9 Å². The van der Waals surface area contributed by atoms with Crippen LogP contribution in [0.4, 0.5) is 13.2 Å². The molecule has 0 unspecified atom stereocenters. The van der Waals surface area contributed by atoms with E-state index in [2.05, 4.69) is 14.0 Å². The van der Waals surface area contributed by atoms with Crippen LogP contribution in [-0.4, -0.2) is 71.6 Å². The van der Waals surface area contributed by atoms with Gasteiger partial charge in [-0.2, -0.15) is 0 Å². The first-order valence-electron chi connectivity index (χ1n) is 12.0. The molecule has 2 aromatic carbocycles. The number of halogens is 3. The summed E-state index contributed by atoms with van der Waals surface area (Å²) < 4.78 is 44.1. The molecule has 0 atom stereocenters. The standard InChI is InChI=1S/C26H30F3N5O2S/c1-17-15-20(23(35)33(2)3)8-7-18(17)9-14-37-34-12-10-25(11-13-34)24(30)31-22(32-25)19-5-4-6-21(16-19)36-26(27,28)29/h4-8,15-16H,9-14H2,1-3H3,(H2,30,31,32). The van der Waals surface area contributed by atoms with Crippen molar-refractivity contribution in [2.45, 2.75) is 38.1 Å². The zero-order valence-corrected chi connectivity index (χ0v) is 21.8. The van der Waals surface area contributed by atoms with Crippen LogP contribution >= 0.6 is 11.9 Å². The first-order valence-corrected chi connectivity index (χ1v) is 12.9. The summed E-state index contributed by atoms with van der Waals surface area (Å²) >= 11 is 1.77. The first-order chi connectivity index (χ1) is 17.5. The maximum atomic E-state index is 12.6. The fourth-order valence-corrected chi connectivity index (χ4v) is 5.48. The van der Waals surface area contributed by atoms with Crippen LogP contribution in [0.2, 0.25) is 0 Å². The van der Waals surface area contributed by atoms with E-state index in [0.717, 1.165) is 30.8 Å². The van der Waals surface area contributed by atoms with E-state index in [0.29, 0.717) is 35.6 Å². The summed E-state index contributed by atoms with van der Waals surface area (Å²) in [6.45, 7) is 3.56. The number of nitrogens with two attached hydrogens (primary N) is 1. The Balaban J connectivity index is 1.32. The second-order valence-corrected chi connectivity index (χ2v) is 10.6. The van der Waals surface area contributed by atoms with Crippen LogP contribution in [0.1, 0.15) is 39.9 Å². The van der Waals surface area contributed by atoms with Crippen molar-refractivity contribution in [3.63, 3.8) is 0 Å². The Kier molecular flexibility index (Phi) is 7.84. The highest BCUT2D eigenvalue weighted by molar-refractivity contribution is 7.97. The number of hydrogen-bond acceptors (Lipinski definition) is 7. The van der Waals surface area contributed by atoms with E-state index in [4.69, 9.17) is 10.7 Å². The van der Waals surface area contributed by atoms with Crippen LogP contribution in [0.25, 0.3) is 0 Å². The minimum atomic E-state index is -4.77. The molecule has 1 spiro atoms. The van der Waals surface area contributed by atoms with Gasteiger partial charge in [-0.3, -0.25) is 14.1 Å². The Bertz CT molecular complexity index is 1220. The Morgan fingerprint density at radius 1 is 1.19 bits per heavy atom. The summed E-state index contributed by atoms with van der Waals surface area (Å²) in [5.74, 6) is 1.31. The number of alkyl halides is 3. The molecule has 0 saturated carbocycles. The van der Waals surface area contributed by atoms with Gasteiger partial charge in [0.25, 0.3) is 5.91 Å². The fourth-order valence-electron chi connectivity index (χ4n) is 4.47. The lowest BCUT2D eigenvalue weighted by Gasteiger charge is -2.36. The third-order valence-corrected chi connectivity index (χ3v) is 7.66. The van der Waals surface area contributed by atoms with E-state index >= 15 is 0 Å². The van der Waals surface area contributed by atoms with Gasteiger partial charge in [0.15, 0.2) is 5.84 Å². The Morgan fingerprint density at radius 3 is 2.57 bits per heavy atom. The molecule has 198 valence electrons. The lowest BCUT2D eigenvalue weighted by Crippen LogP contribution is -2.48. The molecule has 0 radical (unpaired) electrons. The number of amidine groups is 2. The van der Waals surface area contributed by atoms with Crippen molar-refractivity contribution >= 4 is 29.5 Å². The molecule has 1 fully saturated rings. The van der Waals surface area contributed by atoms with Gasteiger partial charge in [0.1, 0.15) is 17.1 Å². The number of rotatable bonds is 7. The molecule has 37 heavy (non-hydrogen) atoms. The predicted octanol–water partition coefficient (Wildman–Crippen LogP) is 4.44. The third kappa shape index (κ3) is 6.45. The zero-order chi connectivity index (χ0) is 26.8. The Labute approximate surface area is 218 Å². The summed E-state index contributed by atoms with van der Waals surface area (Å²) in [6.07, 6.45) is -2.52. The second kappa shape index (κ2) is 10.7. The average molecular weight is 534 g/mol. The summed E-state index contributed by atoms with van der Waals surface area (Å²) in [7, 11) is 3.49. The third-order valence-electron chi connectivity index (χ3n) is 6.54. The maximum Gasteiger partial charge on any atom is 0.573 e. The number of amides is 1. The molecular weight excluding hydrogens is 503 g/mol. The number of piperidine rings is 1. The van der Waals surface area contributed by atoms with Crippen molar-refractivity contribution < 1.29 is 22.7 Å². The molecule has 0 aliphatic carbocycles.